The van der Waals surface area contributed by atoms with Gasteiger partial charge in [0.05, 0.1) is 12.1 Å². The van der Waals surface area contributed by atoms with Gasteiger partial charge in [-0.3, -0.25) is 9.69 Å². The lowest BCUT2D eigenvalue weighted by molar-refractivity contribution is -0.136. The third-order valence-corrected chi connectivity index (χ3v) is 5.13. The van der Waals surface area contributed by atoms with Crippen LogP contribution in [-0.4, -0.2) is 73.7 Å². The number of hydrogen-bond acceptors (Lipinski definition) is 4. The zero-order valence-corrected chi connectivity index (χ0v) is 13.2. The van der Waals surface area contributed by atoms with Crippen LogP contribution < -0.4 is 5.32 Å². The molecule has 0 aliphatic carbocycles. The van der Waals surface area contributed by atoms with Crippen LogP contribution in [0.15, 0.2) is 0 Å². The molecule has 3 rings (SSSR count). The highest BCUT2D eigenvalue weighted by Crippen LogP contribution is 2.18. The van der Waals surface area contributed by atoms with Gasteiger partial charge in [0, 0.05) is 39.3 Å². The van der Waals surface area contributed by atoms with E-state index in [0.29, 0.717) is 17.9 Å². The molecule has 3 atom stereocenters. The van der Waals surface area contributed by atoms with Gasteiger partial charge in [-0.15, -0.1) is 0 Å². The molecule has 120 valence electrons. The SMILES string of the molecule is CC1CCNC(C(=O)N2CCN(CC3CCCO3)CC2)C1. The van der Waals surface area contributed by atoms with Gasteiger partial charge in [0.25, 0.3) is 0 Å². The predicted octanol–water partition coefficient (Wildman–Crippen LogP) is 0.698. The molecule has 0 aromatic heterocycles. The standard InChI is InChI=1S/C16H29N3O2/c1-13-4-5-17-15(11-13)16(20)19-8-6-18(7-9-19)12-14-3-2-10-21-14/h13-15,17H,2-12H2,1H3. The second-order valence-electron chi connectivity index (χ2n) is 6.90. The minimum Gasteiger partial charge on any atom is -0.377 e. The van der Waals surface area contributed by atoms with Crippen LogP contribution in [-0.2, 0) is 9.53 Å². The lowest BCUT2D eigenvalue weighted by Gasteiger charge is -2.38. The summed E-state index contributed by atoms with van der Waals surface area (Å²) in [5.41, 5.74) is 0. The zero-order valence-electron chi connectivity index (χ0n) is 13.2. The smallest absolute Gasteiger partial charge is 0.239 e. The summed E-state index contributed by atoms with van der Waals surface area (Å²) in [5, 5.41) is 3.39. The quantitative estimate of drug-likeness (QED) is 0.832. The summed E-state index contributed by atoms with van der Waals surface area (Å²) in [4.78, 5) is 17.1. The van der Waals surface area contributed by atoms with Crippen molar-refractivity contribution < 1.29 is 9.53 Å². The molecular weight excluding hydrogens is 266 g/mol. The van der Waals surface area contributed by atoms with Crippen molar-refractivity contribution >= 4 is 5.91 Å². The Bertz CT molecular complexity index is 349. The van der Waals surface area contributed by atoms with Crippen LogP contribution in [0.4, 0.5) is 0 Å². The largest absolute Gasteiger partial charge is 0.377 e. The number of piperidine rings is 1. The van der Waals surface area contributed by atoms with Gasteiger partial charge in [0.1, 0.15) is 0 Å². The lowest BCUT2D eigenvalue weighted by atomic mass is 9.93. The first-order valence-corrected chi connectivity index (χ1v) is 8.58. The van der Waals surface area contributed by atoms with Crippen molar-refractivity contribution in [1.82, 2.24) is 15.1 Å². The molecule has 3 aliphatic heterocycles. The molecule has 3 heterocycles. The predicted molar refractivity (Wildman–Crippen MR) is 82.2 cm³/mol. The number of carbonyl (C=O) groups is 1. The maximum absolute atomic E-state index is 12.6. The summed E-state index contributed by atoms with van der Waals surface area (Å²) >= 11 is 0. The molecule has 0 saturated carbocycles. The van der Waals surface area contributed by atoms with Crippen molar-refractivity contribution in [3.63, 3.8) is 0 Å². The number of hydrogen-bond donors (Lipinski definition) is 1. The molecule has 5 nitrogen and oxygen atoms in total. The van der Waals surface area contributed by atoms with Crippen molar-refractivity contribution in [2.75, 3.05) is 45.9 Å². The molecular formula is C16H29N3O2. The Kier molecular flexibility index (Phi) is 5.14. The number of carbonyl (C=O) groups excluding carboxylic acids is 1. The van der Waals surface area contributed by atoms with Gasteiger partial charge in [-0.1, -0.05) is 6.92 Å². The van der Waals surface area contributed by atoms with Gasteiger partial charge in [0.15, 0.2) is 0 Å². The second-order valence-corrected chi connectivity index (χ2v) is 6.90. The first-order chi connectivity index (χ1) is 10.2. The summed E-state index contributed by atoms with van der Waals surface area (Å²) in [6.45, 7) is 8.94. The number of piperazine rings is 1. The minimum absolute atomic E-state index is 0.0541. The summed E-state index contributed by atoms with van der Waals surface area (Å²) in [6.07, 6.45) is 5.01. The van der Waals surface area contributed by atoms with Gasteiger partial charge in [0.2, 0.25) is 5.91 Å². The molecule has 0 bridgehead atoms. The molecule has 21 heavy (non-hydrogen) atoms. The first kappa shape index (κ1) is 15.3. The van der Waals surface area contributed by atoms with Crippen LogP contribution in [0.2, 0.25) is 0 Å². The fourth-order valence-corrected chi connectivity index (χ4v) is 3.74. The number of nitrogens with one attached hydrogen (secondary N) is 1. The van der Waals surface area contributed by atoms with Gasteiger partial charge < -0.3 is 15.0 Å². The minimum atomic E-state index is 0.0541. The summed E-state index contributed by atoms with van der Waals surface area (Å²) in [6, 6.07) is 0.0541. The molecule has 3 saturated heterocycles. The number of rotatable bonds is 3. The Morgan fingerprint density at radius 3 is 2.71 bits per heavy atom. The number of nitrogens with zero attached hydrogens (tertiary/aromatic N) is 2. The highest BCUT2D eigenvalue weighted by atomic mass is 16.5. The van der Waals surface area contributed by atoms with E-state index in [1.807, 2.05) is 0 Å². The Morgan fingerprint density at radius 2 is 2.05 bits per heavy atom. The maximum atomic E-state index is 12.6. The Morgan fingerprint density at radius 1 is 1.24 bits per heavy atom. The second kappa shape index (κ2) is 7.07. The van der Waals surface area contributed by atoms with Crippen LogP contribution in [0.5, 0.6) is 0 Å². The van der Waals surface area contributed by atoms with Crippen LogP contribution in [0.25, 0.3) is 0 Å². The van der Waals surface area contributed by atoms with Crippen LogP contribution in [0, 0.1) is 5.92 Å². The summed E-state index contributed by atoms with van der Waals surface area (Å²) < 4.78 is 5.70. The number of ether oxygens (including phenoxy) is 1. The number of amides is 1. The van der Waals surface area contributed by atoms with Crippen LogP contribution in [0.3, 0.4) is 0 Å². The summed E-state index contributed by atoms with van der Waals surface area (Å²) in [7, 11) is 0. The van der Waals surface area contributed by atoms with Crippen molar-refractivity contribution in [3.8, 4) is 0 Å². The topological polar surface area (TPSA) is 44.8 Å². The molecule has 0 aromatic carbocycles. The molecule has 5 heteroatoms. The van der Waals surface area contributed by atoms with E-state index in [1.54, 1.807) is 0 Å². The molecule has 0 radical (unpaired) electrons. The Balaban J connectivity index is 1.43. The summed E-state index contributed by atoms with van der Waals surface area (Å²) in [5.74, 6) is 0.985. The van der Waals surface area contributed by atoms with Gasteiger partial charge in [-0.05, 0) is 38.1 Å². The van der Waals surface area contributed by atoms with Crippen LogP contribution >= 0.6 is 0 Å². The van der Waals surface area contributed by atoms with E-state index in [2.05, 4.69) is 22.0 Å². The monoisotopic (exact) mass is 295 g/mol. The van der Waals surface area contributed by atoms with E-state index in [0.717, 1.165) is 52.3 Å². The zero-order chi connectivity index (χ0) is 14.7. The van der Waals surface area contributed by atoms with Gasteiger partial charge >= 0.3 is 0 Å². The normalized spacial score (nSPS) is 35.1. The lowest BCUT2D eigenvalue weighted by Crippen LogP contribution is -2.56. The van der Waals surface area contributed by atoms with Crippen molar-refractivity contribution in [3.05, 3.63) is 0 Å². The van der Waals surface area contributed by atoms with Gasteiger partial charge in [-0.2, -0.15) is 0 Å². The molecule has 3 fully saturated rings. The molecule has 0 aromatic rings. The van der Waals surface area contributed by atoms with Crippen molar-refractivity contribution in [1.29, 1.82) is 0 Å². The molecule has 3 aliphatic rings. The Hall–Kier alpha value is -0.650. The van der Waals surface area contributed by atoms with Gasteiger partial charge in [-0.25, -0.2) is 0 Å². The average molecular weight is 295 g/mol. The third kappa shape index (κ3) is 3.96. The van der Waals surface area contributed by atoms with E-state index in [1.165, 1.54) is 19.3 Å². The van der Waals surface area contributed by atoms with Crippen molar-refractivity contribution in [2.24, 2.45) is 5.92 Å². The highest BCUT2D eigenvalue weighted by molar-refractivity contribution is 5.82. The average Bonchev–Trinajstić information content (AvgIpc) is 3.00. The van der Waals surface area contributed by atoms with E-state index in [9.17, 15) is 4.79 Å². The first-order valence-electron chi connectivity index (χ1n) is 8.58. The van der Waals surface area contributed by atoms with E-state index < -0.39 is 0 Å². The Labute approximate surface area is 128 Å². The molecule has 0 spiro atoms. The van der Waals surface area contributed by atoms with E-state index >= 15 is 0 Å². The van der Waals surface area contributed by atoms with E-state index in [-0.39, 0.29) is 6.04 Å². The molecule has 3 unspecified atom stereocenters. The third-order valence-electron chi connectivity index (χ3n) is 5.13. The molecule has 1 amide bonds. The fraction of sp³-hybridized carbons (Fsp3) is 0.938. The van der Waals surface area contributed by atoms with E-state index in [4.69, 9.17) is 4.74 Å². The van der Waals surface area contributed by atoms with Crippen molar-refractivity contribution in [2.45, 2.75) is 44.8 Å². The fourth-order valence-electron chi connectivity index (χ4n) is 3.74. The maximum Gasteiger partial charge on any atom is 0.239 e. The highest BCUT2D eigenvalue weighted by Gasteiger charge is 2.31. The van der Waals surface area contributed by atoms with Crippen LogP contribution in [0.1, 0.15) is 32.6 Å². The molecule has 1 N–H and O–H groups in total.